The molecular formula is C19H16Cl2N2O2. The molecule has 0 saturated carbocycles. The van der Waals surface area contributed by atoms with Crippen LogP contribution in [0.1, 0.15) is 10.6 Å². The monoisotopic (exact) mass is 374 g/mol. The van der Waals surface area contributed by atoms with E-state index in [4.69, 9.17) is 27.6 Å². The fourth-order valence-electron chi connectivity index (χ4n) is 3.12. The van der Waals surface area contributed by atoms with Crippen molar-refractivity contribution in [2.45, 2.75) is 0 Å². The lowest BCUT2D eigenvalue weighted by Crippen LogP contribution is -2.48. The van der Waals surface area contributed by atoms with Crippen LogP contribution < -0.4 is 4.90 Å². The molecule has 1 saturated heterocycles. The van der Waals surface area contributed by atoms with Gasteiger partial charge in [0.1, 0.15) is 5.58 Å². The summed E-state index contributed by atoms with van der Waals surface area (Å²) in [5.74, 6) is 0.270. The van der Waals surface area contributed by atoms with Gasteiger partial charge in [-0.15, -0.1) is 0 Å². The number of hydrogen-bond acceptors (Lipinski definition) is 3. The summed E-state index contributed by atoms with van der Waals surface area (Å²) in [5.41, 5.74) is 1.75. The average molecular weight is 375 g/mol. The molecule has 0 atom stereocenters. The first-order valence-electron chi connectivity index (χ1n) is 8.09. The first kappa shape index (κ1) is 16.3. The molecule has 0 aliphatic carbocycles. The van der Waals surface area contributed by atoms with Gasteiger partial charge in [-0.25, -0.2) is 0 Å². The number of fused-ring (bicyclic) bond motifs is 1. The van der Waals surface area contributed by atoms with E-state index in [0.29, 0.717) is 29.5 Å². The topological polar surface area (TPSA) is 36.7 Å². The minimum atomic E-state index is -0.0851. The summed E-state index contributed by atoms with van der Waals surface area (Å²) in [6, 6.07) is 14.9. The van der Waals surface area contributed by atoms with Gasteiger partial charge in [-0.2, -0.15) is 0 Å². The SMILES string of the molecule is O=C(c1cc2cc(Cl)ccc2o1)N1CCN(c2cccc(Cl)c2)CC1. The largest absolute Gasteiger partial charge is 0.451 e. The molecule has 3 aromatic rings. The van der Waals surface area contributed by atoms with E-state index in [-0.39, 0.29) is 5.91 Å². The molecule has 1 amide bonds. The molecule has 0 bridgehead atoms. The zero-order chi connectivity index (χ0) is 17.4. The highest BCUT2D eigenvalue weighted by Gasteiger charge is 2.24. The molecule has 4 nitrogen and oxygen atoms in total. The molecule has 0 spiro atoms. The molecule has 6 heteroatoms. The van der Waals surface area contributed by atoms with Gasteiger partial charge in [0.15, 0.2) is 5.76 Å². The van der Waals surface area contributed by atoms with Gasteiger partial charge in [0.05, 0.1) is 0 Å². The van der Waals surface area contributed by atoms with Crippen LogP contribution in [0, 0.1) is 0 Å². The fourth-order valence-corrected chi connectivity index (χ4v) is 3.48. The molecule has 0 N–H and O–H groups in total. The van der Waals surface area contributed by atoms with Crippen LogP contribution in [0.3, 0.4) is 0 Å². The molecule has 2 aromatic carbocycles. The van der Waals surface area contributed by atoms with Crippen LogP contribution in [0.25, 0.3) is 11.0 Å². The Kier molecular flexibility index (Phi) is 4.32. The Labute approximate surface area is 155 Å². The van der Waals surface area contributed by atoms with Crippen molar-refractivity contribution in [2.75, 3.05) is 31.1 Å². The molecular weight excluding hydrogens is 359 g/mol. The van der Waals surface area contributed by atoms with Gasteiger partial charge >= 0.3 is 0 Å². The number of rotatable bonds is 2. The molecule has 1 aliphatic rings. The van der Waals surface area contributed by atoms with E-state index in [1.54, 1.807) is 24.3 Å². The summed E-state index contributed by atoms with van der Waals surface area (Å²) >= 11 is 12.0. The minimum absolute atomic E-state index is 0.0851. The molecule has 25 heavy (non-hydrogen) atoms. The van der Waals surface area contributed by atoms with Crippen LogP contribution in [0.4, 0.5) is 5.69 Å². The van der Waals surface area contributed by atoms with Crippen molar-refractivity contribution >= 4 is 45.8 Å². The van der Waals surface area contributed by atoms with E-state index >= 15 is 0 Å². The highest BCUT2D eigenvalue weighted by molar-refractivity contribution is 6.31. The van der Waals surface area contributed by atoms with Crippen molar-refractivity contribution in [3.63, 3.8) is 0 Å². The Bertz CT molecular complexity index is 930. The summed E-state index contributed by atoms with van der Waals surface area (Å²) in [4.78, 5) is 16.8. The summed E-state index contributed by atoms with van der Waals surface area (Å²) in [7, 11) is 0. The van der Waals surface area contributed by atoms with Crippen LogP contribution in [-0.4, -0.2) is 37.0 Å². The van der Waals surface area contributed by atoms with E-state index in [1.165, 1.54) is 0 Å². The number of furan rings is 1. The first-order valence-corrected chi connectivity index (χ1v) is 8.85. The quantitative estimate of drug-likeness (QED) is 0.651. The number of amides is 1. The van der Waals surface area contributed by atoms with Gasteiger partial charge in [0, 0.05) is 47.3 Å². The van der Waals surface area contributed by atoms with Crippen molar-refractivity contribution in [2.24, 2.45) is 0 Å². The Hall–Kier alpha value is -2.17. The van der Waals surface area contributed by atoms with Gasteiger partial charge in [-0.05, 0) is 42.5 Å². The normalized spacial score (nSPS) is 15.0. The van der Waals surface area contributed by atoms with E-state index in [0.717, 1.165) is 29.2 Å². The van der Waals surface area contributed by atoms with Gasteiger partial charge < -0.3 is 14.2 Å². The third-order valence-corrected chi connectivity index (χ3v) is 4.90. The fraction of sp³-hybridized carbons (Fsp3) is 0.211. The van der Waals surface area contributed by atoms with Gasteiger partial charge in [-0.3, -0.25) is 4.79 Å². The van der Waals surface area contributed by atoms with Crippen LogP contribution in [0.2, 0.25) is 10.0 Å². The molecule has 0 unspecified atom stereocenters. The second kappa shape index (κ2) is 6.62. The maximum absolute atomic E-state index is 12.7. The van der Waals surface area contributed by atoms with Crippen LogP contribution in [0.5, 0.6) is 0 Å². The number of carbonyl (C=O) groups excluding carboxylic acids is 1. The van der Waals surface area contributed by atoms with Crippen LogP contribution in [-0.2, 0) is 0 Å². The standard InChI is InChI=1S/C19H16Cl2N2O2/c20-14-2-1-3-16(12-14)22-6-8-23(9-7-22)19(24)18-11-13-10-15(21)4-5-17(13)25-18/h1-5,10-12H,6-9H2. The third kappa shape index (κ3) is 3.32. The maximum atomic E-state index is 12.7. The van der Waals surface area contributed by atoms with Crippen molar-refractivity contribution in [3.05, 3.63) is 64.3 Å². The van der Waals surface area contributed by atoms with Gasteiger partial charge in [0.2, 0.25) is 0 Å². The van der Waals surface area contributed by atoms with Crippen molar-refractivity contribution in [1.82, 2.24) is 4.90 Å². The first-order chi connectivity index (χ1) is 12.1. The number of anilines is 1. The maximum Gasteiger partial charge on any atom is 0.289 e. The van der Waals surface area contributed by atoms with E-state index in [1.807, 2.05) is 29.2 Å². The Morgan fingerprint density at radius 3 is 2.44 bits per heavy atom. The average Bonchev–Trinajstić information content (AvgIpc) is 3.04. The number of hydrogen-bond donors (Lipinski definition) is 0. The smallest absolute Gasteiger partial charge is 0.289 e. The van der Waals surface area contributed by atoms with E-state index < -0.39 is 0 Å². The van der Waals surface area contributed by atoms with Crippen molar-refractivity contribution in [1.29, 1.82) is 0 Å². The number of halogens is 2. The Balaban J connectivity index is 1.47. The second-order valence-electron chi connectivity index (χ2n) is 6.05. The van der Waals surface area contributed by atoms with Crippen molar-refractivity contribution in [3.8, 4) is 0 Å². The predicted molar refractivity (Wildman–Crippen MR) is 101 cm³/mol. The van der Waals surface area contributed by atoms with Gasteiger partial charge in [0.25, 0.3) is 5.91 Å². The molecule has 1 aliphatic heterocycles. The number of nitrogens with zero attached hydrogens (tertiary/aromatic N) is 2. The zero-order valence-electron chi connectivity index (χ0n) is 13.4. The lowest BCUT2D eigenvalue weighted by atomic mass is 10.2. The number of benzene rings is 2. The highest BCUT2D eigenvalue weighted by atomic mass is 35.5. The van der Waals surface area contributed by atoms with E-state index in [9.17, 15) is 4.79 Å². The molecule has 0 radical (unpaired) electrons. The molecule has 1 fully saturated rings. The Morgan fingerprint density at radius 2 is 1.68 bits per heavy atom. The summed E-state index contributed by atoms with van der Waals surface area (Å²) in [6.07, 6.45) is 0. The summed E-state index contributed by atoms with van der Waals surface area (Å²) in [5, 5.41) is 2.19. The van der Waals surface area contributed by atoms with Crippen LogP contribution in [0.15, 0.2) is 52.9 Å². The zero-order valence-corrected chi connectivity index (χ0v) is 14.9. The summed E-state index contributed by atoms with van der Waals surface area (Å²) < 4.78 is 5.68. The lowest BCUT2D eigenvalue weighted by Gasteiger charge is -2.35. The van der Waals surface area contributed by atoms with Gasteiger partial charge in [-0.1, -0.05) is 29.3 Å². The lowest BCUT2D eigenvalue weighted by molar-refractivity contribution is 0.0717. The third-order valence-electron chi connectivity index (χ3n) is 4.43. The second-order valence-corrected chi connectivity index (χ2v) is 6.92. The Morgan fingerprint density at radius 1 is 0.920 bits per heavy atom. The predicted octanol–water partition coefficient (Wildman–Crippen LogP) is 4.70. The molecule has 1 aromatic heterocycles. The van der Waals surface area contributed by atoms with Crippen molar-refractivity contribution < 1.29 is 9.21 Å². The summed E-state index contributed by atoms with van der Waals surface area (Å²) in [6.45, 7) is 2.81. The van der Waals surface area contributed by atoms with Crippen LogP contribution >= 0.6 is 23.2 Å². The number of piperazine rings is 1. The number of carbonyl (C=O) groups is 1. The molecule has 128 valence electrons. The van der Waals surface area contributed by atoms with E-state index in [2.05, 4.69) is 4.90 Å². The molecule has 2 heterocycles. The minimum Gasteiger partial charge on any atom is -0.451 e. The molecule has 4 rings (SSSR count). The highest BCUT2D eigenvalue weighted by Crippen LogP contribution is 2.25.